The molecule has 2 aromatic rings. The van der Waals surface area contributed by atoms with Gasteiger partial charge in [-0.25, -0.2) is 0 Å². The number of aryl methyl sites for hydroxylation is 1. The highest BCUT2D eigenvalue weighted by Crippen LogP contribution is 2.18. The van der Waals surface area contributed by atoms with Gasteiger partial charge in [0.15, 0.2) is 0 Å². The molecule has 1 aromatic carbocycles. The van der Waals surface area contributed by atoms with Gasteiger partial charge in [-0.1, -0.05) is 42.5 Å². The first-order chi connectivity index (χ1) is 9.93. The van der Waals surface area contributed by atoms with E-state index >= 15 is 0 Å². The van der Waals surface area contributed by atoms with Gasteiger partial charge in [-0.2, -0.15) is 0 Å². The number of benzene rings is 1. The van der Waals surface area contributed by atoms with Gasteiger partial charge in [0.1, 0.15) is 0 Å². The van der Waals surface area contributed by atoms with Crippen molar-refractivity contribution < 1.29 is 0 Å². The van der Waals surface area contributed by atoms with Gasteiger partial charge in [-0.3, -0.25) is 0 Å². The molecular weight excluding hydrogens is 244 g/mol. The smallest absolute Gasteiger partial charge is 0.0456 e. The molecule has 1 atom stereocenters. The number of hydrogen-bond acceptors (Lipinski definition) is 1. The first-order valence-electron chi connectivity index (χ1n) is 7.52. The average Bonchev–Trinajstić information content (AvgIpc) is 2.91. The predicted molar refractivity (Wildman–Crippen MR) is 85.9 cm³/mol. The number of aromatic amines is 1. The van der Waals surface area contributed by atoms with E-state index in [1.54, 1.807) is 0 Å². The molecule has 20 heavy (non-hydrogen) atoms. The third-order valence-electron chi connectivity index (χ3n) is 3.95. The van der Waals surface area contributed by atoms with E-state index in [0.29, 0.717) is 5.92 Å². The van der Waals surface area contributed by atoms with Crippen LogP contribution in [0.5, 0.6) is 0 Å². The van der Waals surface area contributed by atoms with Gasteiger partial charge in [-0.15, -0.1) is 0 Å². The first-order valence-corrected chi connectivity index (χ1v) is 7.52. The van der Waals surface area contributed by atoms with Gasteiger partial charge < -0.3 is 10.3 Å². The maximum absolute atomic E-state index is 3.57. The van der Waals surface area contributed by atoms with Crippen LogP contribution in [0.15, 0.2) is 54.8 Å². The van der Waals surface area contributed by atoms with Crippen molar-refractivity contribution in [3.8, 4) is 0 Å². The summed E-state index contributed by atoms with van der Waals surface area (Å²) in [4.78, 5) is 3.34. The number of nitrogens with one attached hydrogen (secondary N) is 2. The Morgan fingerprint density at radius 1 is 1.20 bits per heavy atom. The Kier molecular flexibility index (Phi) is 4.34. The zero-order valence-electron chi connectivity index (χ0n) is 11.8. The van der Waals surface area contributed by atoms with Crippen molar-refractivity contribution in [3.63, 3.8) is 0 Å². The van der Waals surface area contributed by atoms with Crippen LogP contribution in [0.2, 0.25) is 0 Å². The van der Waals surface area contributed by atoms with E-state index in [9.17, 15) is 0 Å². The van der Waals surface area contributed by atoms with Gasteiger partial charge in [0.2, 0.25) is 0 Å². The second-order valence-corrected chi connectivity index (χ2v) is 5.48. The van der Waals surface area contributed by atoms with Crippen LogP contribution in [0.1, 0.15) is 18.4 Å². The van der Waals surface area contributed by atoms with Gasteiger partial charge in [0.05, 0.1) is 0 Å². The van der Waals surface area contributed by atoms with Crippen LogP contribution < -0.4 is 5.32 Å². The highest BCUT2D eigenvalue weighted by molar-refractivity contribution is 5.82. The minimum absolute atomic E-state index is 0.674. The number of allylic oxidation sites excluding steroid dienone is 3. The number of fused-ring (bicyclic) bond motifs is 1. The Morgan fingerprint density at radius 2 is 2.15 bits per heavy atom. The van der Waals surface area contributed by atoms with Gasteiger partial charge in [0.25, 0.3) is 0 Å². The number of H-pyrrole nitrogens is 1. The van der Waals surface area contributed by atoms with E-state index in [4.69, 9.17) is 0 Å². The lowest BCUT2D eigenvalue weighted by atomic mass is 10.0. The predicted octanol–water partition coefficient (Wildman–Crippen LogP) is 3.82. The fourth-order valence-corrected chi connectivity index (χ4v) is 2.81. The van der Waals surface area contributed by atoms with E-state index in [1.807, 2.05) is 0 Å². The Bertz CT molecular complexity index is 607. The molecule has 0 aliphatic heterocycles. The summed E-state index contributed by atoms with van der Waals surface area (Å²) in [7, 11) is 0. The second kappa shape index (κ2) is 6.58. The van der Waals surface area contributed by atoms with Crippen LogP contribution in [0.3, 0.4) is 0 Å². The van der Waals surface area contributed by atoms with Crippen molar-refractivity contribution in [3.05, 3.63) is 60.3 Å². The summed E-state index contributed by atoms with van der Waals surface area (Å²) in [5.74, 6) is 0.674. The molecule has 0 spiro atoms. The topological polar surface area (TPSA) is 27.8 Å². The van der Waals surface area contributed by atoms with Crippen LogP contribution in [-0.4, -0.2) is 18.1 Å². The van der Waals surface area contributed by atoms with Crippen molar-refractivity contribution in [1.82, 2.24) is 10.3 Å². The molecule has 1 aliphatic rings. The molecule has 0 amide bonds. The van der Waals surface area contributed by atoms with Crippen LogP contribution in [0, 0.1) is 5.92 Å². The van der Waals surface area contributed by atoms with Crippen molar-refractivity contribution in [2.75, 3.05) is 13.1 Å². The number of hydrogen-bond donors (Lipinski definition) is 2. The SMILES string of the molecule is C1=CCC(CNCCCc2c[nH]c3ccccc23)C=C1. The van der Waals surface area contributed by atoms with E-state index in [1.165, 1.54) is 29.3 Å². The van der Waals surface area contributed by atoms with Crippen LogP contribution >= 0.6 is 0 Å². The third kappa shape index (κ3) is 3.20. The zero-order valence-corrected chi connectivity index (χ0v) is 11.8. The van der Waals surface area contributed by atoms with Crippen molar-refractivity contribution in [1.29, 1.82) is 0 Å². The minimum Gasteiger partial charge on any atom is -0.361 e. The van der Waals surface area contributed by atoms with Gasteiger partial charge in [0, 0.05) is 23.6 Å². The molecule has 0 saturated heterocycles. The Balaban J connectivity index is 1.41. The molecule has 3 rings (SSSR count). The van der Waals surface area contributed by atoms with E-state index in [-0.39, 0.29) is 0 Å². The Hall–Kier alpha value is -1.80. The molecule has 0 saturated carbocycles. The van der Waals surface area contributed by atoms with Gasteiger partial charge in [-0.05, 0) is 43.4 Å². The standard InChI is InChI=1S/C18H22N2/c1-2-7-15(8-3-1)13-19-12-6-9-16-14-20-18-11-5-4-10-17(16)18/h1-5,7,10-11,14-15,19-20H,6,8-9,12-13H2. The summed E-state index contributed by atoms with van der Waals surface area (Å²) in [6, 6.07) is 8.53. The fraction of sp³-hybridized carbons (Fsp3) is 0.333. The monoisotopic (exact) mass is 266 g/mol. The summed E-state index contributed by atoms with van der Waals surface area (Å²) >= 11 is 0. The molecule has 0 radical (unpaired) electrons. The quantitative estimate of drug-likeness (QED) is 0.764. The molecule has 2 heteroatoms. The molecule has 1 heterocycles. The normalized spacial score (nSPS) is 17.9. The van der Waals surface area contributed by atoms with E-state index in [2.05, 4.69) is 65.1 Å². The first kappa shape index (κ1) is 13.2. The molecule has 2 N–H and O–H groups in total. The Morgan fingerprint density at radius 3 is 3.05 bits per heavy atom. The molecular formula is C18H22N2. The fourth-order valence-electron chi connectivity index (χ4n) is 2.81. The maximum atomic E-state index is 3.57. The molecule has 0 fully saturated rings. The number of rotatable bonds is 6. The summed E-state index contributed by atoms with van der Waals surface area (Å²) in [5, 5.41) is 4.94. The minimum atomic E-state index is 0.674. The lowest BCUT2D eigenvalue weighted by molar-refractivity contribution is 0.549. The van der Waals surface area contributed by atoms with E-state index in [0.717, 1.165) is 19.5 Å². The zero-order chi connectivity index (χ0) is 13.6. The molecule has 1 aromatic heterocycles. The van der Waals surface area contributed by atoms with Gasteiger partial charge >= 0.3 is 0 Å². The summed E-state index contributed by atoms with van der Waals surface area (Å²) in [6.07, 6.45) is 14.5. The summed E-state index contributed by atoms with van der Waals surface area (Å²) in [5.41, 5.74) is 2.68. The second-order valence-electron chi connectivity index (χ2n) is 5.48. The highest BCUT2D eigenvalue weighted by atomic mass is 14.8. The molecule has 104 valence electrons. The molecule has 2 nitrogen and oxygen atoms in total. The van der Waals surface area contributed by atoms with Crippen molar-refractivity contribution in [2.45, 2.75) is 19.3 Å². The molecule has 1 aliphatic carbocycles. The summed E-state index contributed by atoms with van der Waals surface area (Å²) in [6.45, 7) is 2.18. The summed E-state index contributed by atoms with van der Waals surface area (Å²) < 4.78 is 0. The van der Waals surface area contributed by atoms with Crippen molar-refractivity contribution >= 4 is 10.9 Å². The van der Waals surface area contributed by atoms with Crippen LogP contribution in [0.4, 0.5) is 0 Å². The lowest BCUT2D eigenvalue weighted by Crippen LogP contribution is -2.23. The van der Waals surface area contributed by atoms with Crippen molar-refractivity contribution in [2.24, 2.45) is 5.92 Å². The number of aromatic nitrogens is 1. The average molecular weight is 266 g/mol. The molecule has 1 unspecified atom stereocenters. The third-order valence-corrected chi connectivity index (χ3v) is 3.95. The highest BCUT2D eigenvalue weighted by Gasteiger charge is 2.05. The Labute approximate surface area is 120 Å². The largest absolute Gasteiger partial charge is 0.361 e. The van der Waals surface area contributed by atoms with Crippen LogP contribution in [-0.2, 0) is 6.42 Å². The van der Waals surface area contributed by atoms with E-state index < -0.39 is 0 Å². The molecule has 0 bridgehead atoms. The lowest BCUT2D eigenvalue weighted by Gasteiger charge is -2.13. The number of para-hydroxylation sites is 1. The maximum Gasteiger partial charge on any atom is 0.0456 e. The van der Waals surface area contributed by atoms with Crippen LogP contribution in [0.25, 0.3) is 10.9 Å².